The number of hydrogen-bond donors (Lipinski definition) is 3. The fourth-order valence-corrected chi connectivity index (χ4v) is 2.97. The van der Waals surface area contributed by atoms with E-state index < -0.39 is 5.60 Å². The highest BCUT2D eigenvalue weighted by molar-refractivity contribution is 5.91. The quantitative estimate of drug-likeness (QED) is 0.650. The van der Waals surface area contributed by atoms with E-state index in [1.807, 2.05) is 31.2 Å². The molecular formula is C18H26ClN5O3. The van der Waals surface area contributed by atoms with Crippen LogP contribution in [0.4, 0.5) is 0 Å². The highest BCUT2D eigenvalue weighted by Crippen LogP contribution is 2.19. The molecule has 1 saturated heterocycles. The number of aliphatic hydroxyl groups is 1. The summed E-state index contributed by atoms with van der Waals surface area (Å²) in [5.41, 5.74) is 0.418. The highest BCUT2D eigenvalue weighted by atomic mass is 35.5. The van der Waals surface area contributed by atoms with Crippen LogP contribution in [0.25, 0.3) is 0 Å². The molecule has 9 heteroatoms. The fraction of sp³-hybridized carbons (Fsp3) is 0.500. The summed E-state index contributed by atoms with van der Waals surface area (Å²) < 4.78 is 6.94. The van der Waals surface area contributed by atoms with E-state index in [4.69, 9.17) is 4.74 Å². The molecule has 8 nitrogen and oxygen atoms in total. The maximum Gasteiger partial charge on any atom is 0.273 e. The SMILES string of the molecule is CCOc1ccc(CNC(=O)c2cn(CC3(O)CCNCC3)nn2)cc1.Cl. The first-order valence-electron chi connectivity index (χ1n) is 8.91. The topological polar surface area (TPSA) is 101 Å². The largest absolute Gasteiger partial charge is 0.494 e. The summed E-state index contributed by atoms with van der Waals surface area (Å²) >= 11 is 0. The van der Waals surface area contributed by atoms with Gasteiger partial charge < -0.3 is 20.5 Å². The van der Waals surface area contributed by atoms with Gasteiger partial charge in [0, 0.05) is 6.54 Å². The molecule has 27 heavy (non-hydrogen) atoms. The number of nitrogens with one attached hydrogen (secondary N) is 2. The van der Waals surface area contributed by atoms with Crippen molar-refractivity contribution in [3.05, 3.63) is 41.7 Å². The van der Waals surface area contributed by atoms with Gasteiger partial charge in [-0.15, -0.1) is 17.5 Å². The Morgan fingerprint density at radius 2 is 2.04 bits per heavy atom. The number of piperidine rings is 1. The molecule has 2 heterocycles. The van der Waals surface area contributed by atoms with Crippen molar-refractivity contribution in [3.63, 3.8) is 0 Å². The van der Waals surface area contributed by atoms with Gasteiger partial charge in [0.25, 0.3) is 5.91 Å². The Bertz CT molecular complexity index is 729. The average Bonchev–Trinajstić information content (AvgIpc) is 3.09. The van der Waals surface area contributed by atoms with Crippen LogP contribution in [0, 0.1) is 0 Å². The molecule has 0 radical (unpaired) electrons. The minimum Gasteiger partial charge on any atom is -0.494 e. The summed E-state index contributed by atoms with van der Waals surface area (Å²) in [6, 6.07) is 7.57. The zero-order chi connectivity index (χ0) is 18.4. The summed E-state index contributed by atoms with van der Waals surface area (Å²) in [7, 11) is 0. The molecule has 148 valence electrons. The van der Waals surface area contributed by atoms with Gasteiger partial charge in [0.1, 0.15) is 5.75 Å². The molecule has 1 aromatic heterocycles. The second-order valence-corrected chi connectivity index (χ2v) is 6.54. The van der Waals surface area contributed by atoms with E-state index in [-0.39, 0.29) is 24.0 Å². The Balaban J connectivity index is 0.00000261. The number of carbonyl (C=O) groups excluding carboxylic acids is 1. The van der Waals surface area contributed by atoms with Crippen molar-refractivity contribution in [3.8, 4) is 5.75 Å². The Kier molecular flexibility index (Phi) is 7.58. The predicted molar refractivity (Wildman–Crippen MR) is 103 cm³/mol. The smallest absolute Gasteiger partial charge is 0.273 e. The van der Waals surface area contributed by atoms with Gasteiger partial charge in [-0.3, -0.25) is 4.79 Å². The van der Waals surface area contributed by atoms with Crippen molar-refractivity contribution in [1.29, 1.82) is 0 Å². The number of carbonyl (C=O) groups is 1. The van der Waals surface area contributed by atoms with Crippen LogP contribution in [0.2, 0.25) is 0 Å². The fourth-order valence-electron chi connectivity index (χ4n) is 2.97. The third kappa shape index (κ3) is 5.92. The zero-order valence-corrected chi connectivity index (χ0v) is 16.2. The van der Waals surface area contributed by atoms with Crippen molar-refractivity contribution in [2.75, 3.05) is 19.7 Å². The van der Waals surface area contributed by atoms with Gasteiger partial charge in [-0.1, -0.05) is 17.3 Å². The molecule has 1 fully saturated rings. The number of nitrogens with zero attached hydrogens (tertiary/aromatic N) is 3. The zero-order valence-electron chi connectivity index (χ0n) is 15.4. The molecule has 0 spiro atoms. The molecule has 2 aromatic rings. The van der Waals surface area contributed by atoms with E-state index in [1.165, 1.54) is 4.68 Å². The monoisotopic (exact) mass is 395 g/mol. The van der Waals surface area contributed by atoms with Crippen molar-refractivity contribution in [1.82, 2.24) is 25.6 Å². The minimum absolute atomic E-state index is 0. The van der Waals surface area contributed by atoms with Crippen molar-refractivity contribution >= 4 is 18.3 Å². The van der Waals surface area contributed by atoms with E-state index in [9.17, 15) is 9.90 Å². The molecule has 1 aliphatic heterocycles. The van der Waals surface area contributed by atoms with Crippen LogP contribution >= 0.6 is 12.4 Å². The van der Waals surface area contributed by atoms with Crippen molar-refractivity contribution in [2.24, 2.45) is 0 Å². The summed E-state index contributed by atoms with van der Waals surface area (Å²) in [5.74, 6) is 0.517. The Morgan fingerprint density at radius 3 is 2.70 bits per heavy atom. The van der Waals surface area contributed by atoms with Crippen LogP contribution < -0.4 is 15.4 Å². The lowest BCUT2D eigenvalue weighted by Crippen LogP contribution is -2.44. The van der Waals surface area contributed by atoms with Gasteiger partial charge in [0.05, 0.1) is 24.9 Å². The Labute approximate surface area is 164 Å². The van der Waals surface area contributed by atoms with Gasteiger partial charge in [0.15, 0.2) is 5.69 Å². The van der Waals surface area contributed by atoms with Gasteiger partial charge in [-0.2, -0.15) is 0 Å². The van der Waals surface area contributed by atoms with Gasteiger partial charge in [-0.05, 0) is 50.6 Å². The first-order valence-corrected chi connectivity index (χ1v) is 8.91. The molecule has 0 aliphatic carbocycles. The molecule has 0 bridgehead atoms. The van der Waals surface area contributed by atoms with Gasteiger partial charge in [-0.25, -0.2) is 4.68 Å². The van der Waals surface area contributed by atoms with Crippen LogP contribution in [-0.2, 0) is 13.1 Å². The van der Waals surface area contributed by atoms with Crippen LogP contribution in [0.5, 0.6) is 5.75 Å². The number of rotatable bonds is 7. The number of halogens is 1. The minimum atomic E-state index is -0.797. The molecule has 3 rings (SSSR count). The second kappa shape index (κ2) is 9.68. The van der Waals surface area contributed by atoms with E-state index in [1.54, 1.807) is 6.20 Å². The number of aromatic nitrogens is 3. The van der Waals surface area contributed by atoms with E-state index in [0.717, 1.165) is 24.4 Å². The Morgan fingerprint density at radius 1 is 1.33 bits per heavy atom. The van der Waals surface area contributed by atoms with E-state index >= 15 is 0 Å². The highest BCUT2D eigenvalue weighted by Gasteiger charge is 2.30. The molecule has 0 saturated carbocycles. The van der Waals surface area contributed by atoms with Crippen molar-refractivity contribution in [2.45, 2.75) is 38.5 Å². The number of ether oxygens (including phenoxy) is 1. The average molecular weight is 396 g/mol. The molecule has 0 atom stereocenters. The molecule has 1 amide bonds. The molecule has 1 aliphatic rings. The number of amides is 1. The molecule has 0 unspecified atom stereocenters. The van der Waals surface area contributed by atoms with Crippen LogP contribution in [0.15, 0.2) is 30.5 Å². The lowest BCUT2D eigenvalue weighted by molar-refractivity contribution is -0.00866. The maximum absolute atomic E-state index is 12.2. The third-order valence-corrected chi connectivity index (χ3v) is 4.45. The third-order valence-electron chi connectivity index (χ3n) is 4.45. The van der Waals surface area contributed by atoms with Crippen LogP contribution in [-0.4, -0.2) is 51.3 Å². The normalized spacial score (nSPS) is 15.6. The predicted octanol–water partition coefficient (Wildman–Crippen LogP) is 1.14. The molecule has 1 aromatic carbocycles. The molecular weight excluding hydrogens is 370 g/mol. The molecule has 3 N–H and O–H groups in total. The maximum atomic E-state index is 12.2. The standard InChI is InChI=1S/C18H25N5O3.ClH/c1-2-26-15-5-3-14(4-6-15)11-20-17(24)16-12-23(22-21-16)13-18(25)7-9-19-10-8-18;/h3-6,12,19,25H,2,7-11,13H2,1H3,(H,20,24);1H. The van der Waals surface area contributed by atoms with Crippen LogP contribution in [0.3, 0.4) is 0 Å². The number of benzene rings is 1. The van der Waals surface area contributed by atoms with Gasteiger partial charge in [0.2, 0.25) is 0 Å². The van der Waals surface area contributed by atoms with E-state index in [2.05, 4.69) is 20.9 Å². The van der Waals surface area contributed by atoms with Crippen LogP contribution in [0.1, 0.15) is 35.8 Å². The Hall–Kier alpha value is -2.16. The first kappa shape index (κ1) is 21.1. The summed E-state index contributed by atoms with van der Waals surface area (Å²) in [6.07, 6.45) is 2.89. The van der Waals surface area contributed by atoms with Gasteiger partial charge >= 0.3 is 0 Å². The van der Waals surface area contributed by atoms with Crippen molar-refractivity contribution < 1.29 is 14.6 Å². The van der Waals surface area contributed by atoms with E-state index in [0.29, 0.717) is 32.5 Å². The first-order chi connectivity index (χ1) is 12.6. The number of hydrogen-bond acceptors (Lipinski definition) is 6. The second-order valence-electron chi connectivity index (χ2n) is 6.54. The lowest BCUT2D eigenvalue weighted by atomic mass is 9.92. The lowest BCUT2D eigenvalue weighted by Gasteiger charge is -2.32. The summed E-state index contributed by atoms with van der Waals surface area (Å²) in [6.45, 7) is 4.85. The summed E-state index contributed by atoms with van der Waals surface area (Å²) in [5, 5.41) is 24.5. The summed E-state index contributed by atoms with van der Waals surface area (Å²) in [4.78, 5) is 12.2.